The first kappa shape index (κ1) is 9.67. The van der Waals surface area contributed by atoms with Crippen LogP contribution in [-0.2, 0) is 4.79 Å². The number of carbonyl (C=O) groups is 1. The maximum absolute atomic E-state index is 10.3. The summed E-state index contributed by atoms with van der Waals surface area (Å²) in [5.41, 5.74) is 6.46. The molecule has 0 saturated heterocycles. The molecule has 4 nitrogen and oxygen atoms in total. The largest absolute Gasteiger partial charge is 0.481 e. The van der Waals surface area contributed by atoms with Crippen molar-refractivity contribution < 1.29 is 9.90 Å². The summed E-state index contributed by atoms with van der Waals surface area (Å²) in [4.78, 5) is 14.3. The van der Waals surface area contributed by atoms with Crippen molar-refractivity contribution >= 4 is 5.97 Å². The average Bonchev–Trinajstić information content (AvgIpc) is 2.15. The molecule has 0 aliphatic carbocycles. The molecular formula is C9H12N2O2. The molecular weight excluding hydrogens is 168 g/mol. The molecule has 0 unspecified atom stereocenters. The van der Waals surface area contributed by atoms with Gasteiger partial charge in [-0.15, -0.1) is 0 Å². The molecule has 0 saturated carbocycles. The Morgan fingerprint density at radius 1 is 1.62 bits per heavy atom. The van der Waals surface area contributed by atoms with Gasteiger partial charge in [-0.2, -0.15) is 0 Å². The summed E-state index contributed by atoms with van der Waals surface area (Å²) in [7, 11) is 0. The van der Waals surface area contributed by atoms with Gasteiger partial charge in [0.1, 0.15) is 0 Å². The molecule has 70 valence electrons. The van der Waals surface area contributed by atoms with Crippen LogP contribution in [-0.4, -0.2) is 16.1 Å². The van der Waals surface area contributed by atoms with Crippen molar-refractivity contribution in [2.75, 3.05) is 0 Å². The lowest BCUT2D eigenvalue weighted by atomic mass is 10.1. The van der Waals surface area contributed by atoms with Crippen LogP contribution in [0.15, 0.2) is 24.4 Å². The van der Waals surface area contributed by atoms with Crippen LogP contribution in [0.1, 0.15) is 24.6 Å². The van der Waals surface area contributed by atoms with E-state index in [1.807, 2.05) is 6.07 Å². The highest BCUT2D eigenvalue weighted by Gasteiger charge is 2.08. The number of nitrogens with two attached hydrogens (primary N) is 1. The number of hydrogen-bond acceptors (Lipinski definition) is 3. The van der Waals surface area contributed by atoms with Crippen molar-refractivity contribution in [2.24, 2.45) is 5.73 Å². The second-order valence-corrected chi connectivity index (χ2v) is 2.79. The van der Waals surface area contributed by atoms with Crippen LogP contribution >= 0.6 is 0 Å². The number of rotatable bonds is 4. The minimum Gasteiger partial charge on any atom is -0.481 e. The van der Waals surface area contributed by atoms with Crippen LogP contribution in [0.3, 0.4) is 0 Å². The third-order valence-corrected chi connectivity index (χ3v) is 1.74. The summed E-state index contributed by atoms with van der Waals surface area (Å²) >= 11 is 0. The quantitative estimate of drug-likeness (QED) is 0.723. The van der Waals surface area contributed by atoms with E-state index < -0.39 is 5.97 Å². The first-order valence-electron chi connectivity index (χ1n) is 4.08. The molecule has 0 bridgehead atoms. The molecule has 4 heteroatoms. The highest BCUT2D eigenvalue weighted by atomic mass is 16.4. The second kappa shape index (κ2) is 4.57. The predicted molar refractivity (Wildman–Crippen MR) is 48.0 cm³/mol. The fraction of sp³-hybridized carbons (Fsp3) is 0.333. The smallest absolute Gasteiger partial charge is 0.303 e. The Labute approximate surface area is 76.4 Å². The van der Waals surface area contributed by atoms with Gasteiger partial charge in [-0.3, -0.25) is 9.78 Å². The van der Waals surface area contributed by atoms with Crippen molar-refractivity contribution in [3.05, 3.63) is 30.1 Å². The fourth-order valence-corrected chi connectivity index (χ4v) is 1.02. The molecule has 0 aromatic carbocycles. The molecule has 1 aromatic heterocycles. The molecule has 1 atom stereocenters. The third-order valence-electron chi connectivity index (χ3n) is 1.74. The lowest BCUT2D eigenvalue weighted by Gasteiger charge is -2.08. The Balaban J connectivity index is 2.49. The van der Waals surface area contributed by atoms with Crippen molar-refractivity contribution in [3.63, 3.8) is 0 Å². The molecule has 0 aliphatic heterocycles. The molecule has 3 N–H and O–H groups in total. The summed E-state index contributed by atoms with van der Waals surface area (Å²) < 4.78 is 0. The van der Waals surface area contributed by atoms with Gasteiger partial charge < -0.3 is 10.8 Å². The minimum atomic E-state index is -0.827. The molecule has 1 aromatic rings. The number of nitrogens with zero attached hydrogens (tertiary/aromatic N) is 1. The number of pyridine rings is 1. The first-order chi connectivity index (χ1) is 6.20. The Morgan fingerprint density at radius 3 is 2.92 bits per heavy atom. The first-order valence-corrected chi connectivity index (χ1v) is 4.08. The van der Waals surface area contributed by atoms with E-state index in [-0.39, 0.29) is 12.5 Å². The van der Waals surface area contributed by atoms with Gasteiger partial charge in [0.05, 0.1) is 5.69 Å². The maximum Gasteiger partial charge on any atom is 0.303 e. The molecule has 13 heavy (non-hydrogen) atoms. The summed E-state index contributed by atoms with van der Waals surface area (Å²) in [5, 5.41) is 8.43. The number of aliphatic carboxylic acids is 1. The Hall–Kier alpha value is -1.42. The van der Waals surface area contributed by atoms with Gasteiger partial charge in [-0.1, -0.05) is 6.07 Å². The van der Waals surface area contributed by atoms with Gasteiger partial charge >= 0.3 is 5.97 Å². The molecule has 1 rings (SSSR count). The van der Waals surface area contributed by atoms with Crippen molar-refractivity contribution in [3.8, 4) is 0 Å². The summed E-state index contributed by atoms with van der Waals surface area (Å²) in [5.74, 6) is -0.827. The monoisotopic (exact) mass is 180 g/mol. The molecule has 1 heterocycles. The molecule has 0 spiro atoms. The van der Waals surface area contributed by atoms with Gasteiger partial charge in [0.15, 0.2) is 0 Å². The van der Waals surface area contributed by atoms with Gasteiger partial charge in [0, 0.05) is 18.7 Å². The second-order valence-electron chi connectivity index (χ2n) is 2.79. The zero-order valence-corrected chi connectivity index (χ0v) is 7.18. The summed E-state index contributed by atoms with van der Waals surface area (Å²) in [6, 6.07) is 5.15. The topological polar surface area (TPSA) is 76.2 Å². The number of carboxylic acids is 1. The maximum atomic E-state index is 10.3. The lowest BCUT2D eigenvalue weighted by molar-refractivity contribution is -0.137. The van der Waals surface area contributed by atoms with Gasteiger partial charge in [-0.05, 0) is 18.6 Å². The third kappa shape index (κ3) is 3.21. The Kier molecular flexibility index (Phi) is 3.40. The van der Waals surface area contributed by atoms with Crippen LogP contribution in [0.25, 0.3) is 0 Å². The number of carboxylic acid groups (broad SMARTS) is 1. The van der Waals surface area contributed by atoms with Crippen LogP contribution in [0.5, 0.6) is 0 Å². The summed E-state index contributed by atoms with van der Waals surface area (Å²) in [6.07, 6.45) is 2.15. The zero-order valence-electron chi connectivity index (χ0n) is 7.18. The van der Waals surface area contributed by atoms with Crippen molar-refractivity contribution in [1.29, 1.82) is 0 Å². The normalized spacial score (nSPS) is 12.4. The summed E-state index contributed by atoms with van der Waals surface area (Å²) in [6.45, 7) is 0. The van der Waals surface area contributed by atoms with Crippen LogP contribution in [0.4, 0.5) is 0 Å². The zero-order chi connectivity index (χ0) is 9.68. The minimum absolute atomic E-state index is 0.0811. The van der Waals surface area contributed by atoms with E-state index in [0.29, 0.717) is 6.42 Å². The van der Waals surface area contributed by atoms with Crippen LogP contribution in [0.2, 0.25) is 0 Å². The van der Waals surface area contributed by atoms with E-state index in [9.17, 15) is 4.79 Å². The van der Waals surface area contributed by atoms with E-state index >= 15 is 0 Å². The molecule has 0 aliphatic rings. The molecule has 0 radical (unpaired) electrons. The molecule has 0 fully saturated rings. The van der Waals surface area contributed by atoms with Crippen molar-refractivity contribution in [2.45, 2.75) is 18.9 Å². The predicted octanol–water partition coefficient (Wildman–Crippen LogP) is 0.946. The van der Waals surface area contributed by atoms with Gasteiger partial charge in [-0.25, -0.2) is 0 Å². The number of aromatic nitrogens is 1. The van der Waals surface area contributed by atoms with Crippen LogP contribution in [0, 0.1) is 0 Å². The van der Waals surface area contributed by atoms with Gasteiger partial charge in [0.25, 0.3) is 0 Å². The Morgan fingerprint density at radius 2 is 2.38 bits per heavy atom. The standard InChI is InChI=1S/C9H12N2O2/c10-7(4-5-9(12)13)8-3-1-2-6-11-8/h1-3,6-7H,4-5,10H2,(H,12,13)/t7-/m1/s1. The average molecular weight is 180 g/mol. The Bertz CT molecular complexity index is 274. The fourth-order valence-electron chi connectivity index (χ4n) is 1.02. The van der Waals surface area contributed by atoms with E-state index in [4.69, 9.17) is 10.8 Å². The van der Waals surface area contributed by atoms with E-state index in [1.54, 1.807) is 18.3 Å². The van der Waals surface area contributed by atoms with E-state index in [1.165, 1.54) is 0 Å². The lowest BCUT2D eigenvalue weighted by Crippen LogP contribution is -2.13. The molecule has 0 amide bonds. The highest BCUT2D eigenvalue weighted by molar-refractivity contribution is 5.66. The van der Waals surface area contributed by atoms with E-state index in [2.05, 4.69) is 4.98 Å². The van der Waals surface area contributed by atoms with Crippen LogP contribution < -0.4 is 5.73 Å². The van der Waals surface area contributed by atoms with Gasteiger partial charge in [0.2, 0.25) is 0 Å². The highest BCUT2D eigenvalue weighted by Crippen LogP contribution is 2.11. The number of hydrogen-bond donors (Lipinski definition) is 2. The van der Waals surface area contributed by atoms with E-state index in [0.717, 1.165) is 5.69 Å². The SMILES string of the molecule is N[C@H](CCC(=O)O)c1ccccn1. The van der Waals surface area contributed by atoms with Crippen molar-refractivity contribution in [1.82, 2.24) is 4.98 Å².